The lowest BCUT2D eigenvalue weighted by Gasteiger charge is -2.19. The van der Waals surface area contributed by atoms with Crippen LogP contribution in [0.5, 0.6) is 0 Å². The van der Waals surface area contributed by atoms with E-state index in [2.05, 4.69) is 20.9 Å². The molecule has 5 nitrogen and oxygen atoms in total. The van der Waals surface area contributed by atoms with Crippen molar-refractivity contribution in [3.8, 4) is 0 Å². The van der Waals surface area contributed by atoms with Gasteiger partial charge in [-0.1, -0.05) is 0 Å². The van der Waals surface area contributed by atoms with Crippen LogP contribution in [-0.4, -0.2) is 23.1 Å². The fourth-order valence-corrected chi connectivity index (χ4v) is 2.86. The predicted octanol–water partition coefficient (Wildman–Crippen LogP) is 2.82. The molecule has 0 amide bonds. The highest BCUT2D eigenvalue weighted by Crippen LogP contribution is 2.25. The van der Waals surface area contributed by atoms with E-state index in [1.807, 2.05) is 23.4 Å². The van der Waals surface area contributed by atoms with Gasteiger partial charge in [0.25, 0.3) is 0 Å². The van der Waals surface area contributed by atoms with Gasteiger partial charge in [0.05, 0.1) is 9.47 Å². The van der Waals surface area contributed by atoms with E-state index in [1.165, 1.54) is 6.07 Å². The lowest BCUT2D eigenvalue weighted by molar-refractivity contribution is 0.0690. The van der Waals surface area contributed by atoms with Crippen LogP contribution in [0.2, 0.25) is 0 Å². The topological polar surface area (TPSA) is 79.5 Å². The summed E-state index contributed by atoms with van der Waals surface area (Å²) in [5, 5.41) is 11.0. The molecule has 19 heavy (non-hydrogen) atoms. The second-order valence-corrected chi connectivity index (χ2v) is 6.32. The number of carboxylic acids is 1. The maximum Gasteiger partial charge on any atom is 0.354 e. The van der Waals surface area contributed by atoms with Crippen LogP contribution in [0.1, 0.15) is 16.1 Å². The summed E-state index contributed by atoms with van der Waals surface area (Å²) in [6.07, 6.45) is 0. The van der Waals surface area contributed by atoms with Gasteiger partial charge in [-0.2, -0.15) is 0 Å². The summed E-state index contributed by atoms with van der Waals surface area (Å²) in [4.78, 5) is 16.8. The summed E-state index contributed by atoms with van der Waals surface area (Å²) in [6.45, 7) is 0.613. The number of nitrogens with two attached hydrogens (primary N) is 1. The Labute approximate surface area is 122 Å². The lowest BCUT2D eigenvalue weighted by Crippen LogP contribution is -2.20. The summed E-state index contributed by atoms with van der Waals surface area (Å²) >= 11 is 5.00. The third-order valence-corrected chi connectivity index (χ3v) is 4.08. The van der Waals surface area contributed by atoms with Crippen molar-refractivity contribution in [3.63, 3.8) is 0 Å². The number of nitrogens with zero attached hydrogens (tertiary/aromatic N) is 2. The number of anilines is 2. The van der Waals surface area contributed by atoms with Gasteiger partial charge in [-0.25, -0.2) is 9.78 Å². The molecule has 100 valence electrons. The predicted molar refractivity (Wildman–Crippen MR) is 79.7 cm³/mol. The van der Waals surface area contributed by atoms with Crippen LogP contribution in [0.15, 0.2) is 27.4 Å². The number of nitrogen functional groups attached to an aromatic ring is 1. The number of aromatic carboxylic acids is 1. The number of aromatic nitrogens is 1. The maximum absolute atomic E-state index is 10.9. The van der Waals surface area contributed by atoms with Crippen LogP contribution in [0.25, 0.3) is 0 Å². The van der Waals surface area contributed by atoms with E-state index in [0.29, 0.717) is 18.1 Å². The number of hydrogen-bond acceptors (Lipinski definition) is 5. The van der Waals surface area contributed by atoms with Crippen molar-refractivity contribution in [1.82, 2.24) is 4.98 Å². The van der Waals surface area contributed by atoms with Gasteiger partial charge >= 0.3 is 5.97 Å². The van der Waals surface area contributed by atoms with Gasteiger partial charge in [-0.05, 0) is 45.1 Å². The van der Waals surface area contributed by atoms with Crippen molar-refractivity contribution in [3.05, 3.63) is 38.6 Å². The number of hydrogen-bond donors (Lipinski definition) is 2. The van der Waals surface area contributed by atoms with Gasteiger partial charge in [0.15, 0.2) is 11.5 Å². The third-order valence-electron chi connectivity index (χ3n) is 2.53. The molecule has 7 heteroatoms. The zero-order valence-corrected chi connectivity index (χ0v) is 12.5. The van der Waals surface area contributed by atoms with E-state index in [9.17, 15) is 4.79 Å². The average Bonchev–Trinajstić information content (AvgIpc) is 2.74. The van der Waals surface area contributed by atoms with Crippen LogP contribution < -0.4 is 10.6 Å². The Kier molecular flexibility index (Phi) is 4.06. The van der Waals surface area contributed by atoms with Gasteiger partial charge in [-0.15, -0.1) is 11.3 Å². The SMILES string of the molecule is CN(Cc1csc(Br)c1)c1nc(C(=O)O)ccc1N. The fraction of sp³-hybridized carbons (Fsp3) is 0.167. The number of pyridine rings is 1. The standard InChI is InChI=1S/C12H12BrN3O2S/c1-16(5-7-4-10(13)19-6-7)11-8(14)2-3-9(15-11)12(17)18/h2-4,6H,5,14H2,1H3,(H,17,18). The molecule has 2 aromatic rings. The van der Waals surface area contributed by atoms with E-state index in [4.69, 9.17) is 10.8 Å². The molecule has 0 aliphatic carbocycles. The van der Waals surface area contributed by atoms with Gasteiger partial charge in [0, 0.05) is 13.6 Å². The molecule has 0 aromatic carbocycles. The van der Waals surface area contributed by atoms with Crippen LogP contribution in [0.4, 0.5) is 11.5 Å². The molecule has 2 heterocycles. The van der Waals surface area contributed by atoms with E-state index < -0.39 is 5.97 Å². The zero-order valence-electron chi connectivity index (χ0n) is 10.1. The van der Waals surface area contributed by atoms with Crippen molar-refractivity contribution in [2.24, 2.45) is 0 Å². The molecule has 0 unspecified atom stereocenters. The largest absolute Gasteiger partial charge is 0.477 e. The lowest BCUT2D eigenvalue weighted by atomic mass is 10.2. The highest BCUT2D eigenvalue weighted by atomic mass is 79.9. The fourth-order valence-electron chi connectivity index (χ4n) is 1.66. The first-order valence-corrected chi connectivity index (χ1v) is 7.08. The molecule has 0 aliphatic heterocycles. The molecule has 0 radical (unpaired) electrons. The number of halogens is 1. The molecule has 2 rings (SSSR count). The first-order chi connectivity index (χ1) is 8.97. The van der Waals surface area contributed by atoms with Crippen molar-refractivity contribution in [2.45, 2.75) is 6.54 Å². The third kappa shape index (κ3) is 3.24. The Bertz CT molecular complexity index is 615. The van der Waals surface area contributed by atoms with Crippen LogP contribution >= 0.6 is 27.3 Å². The van der Waals surface area contributed by atoms with Crippen LogP contribution in [-0.2, 0) is 6.54 Å². The minimum atomic E-state index is -1.06. The molecule has 0 fully saturated rings. The number of thiophene rings is 1. The Hall–Kier alpha value is -1.60. The van der Waals surface area contributed by atoms with E-state index in [0.717, 1.165) is 9.35 Å². The normalized spacial score (nSPS) is 10.4. The molecule has 0 aliphatic rings. The molecule has 0 saturated heterocycles. The Morgan fingerprint density at radius 3 is 2.89 bits per heavy atom. The Balaban J connectivity index is 2.25. The molecule has 0 bridgehead atoms. The molecule has 0 saturated carbocycles. The second-order valence-electron chi connectivity index (χ2n) is 4.03. The van der Waals surface area contributed by atoms with Crippen LogP contribution in [0, 0.1) is 0 Å². The minimum absolute atomic E-state index is 0.0115. The number of rotatable bonds is 4. The molecule has 0 spiro atoms. The van der Waals surface area contributed by atoms with Crippen molar-refractivity contribution in [1.29, 1.82) is 0 Å². The average molecular weight is 342 g/mol. The number of carbonyl (C=O) groups is 1. The monoisotopic (exact) mass is 341 g/mol. The smallest absolute Gasteiger partial charge is 0.354 e. The molecule has 2 aromatic heterocycles. The molecular formula is C12H12BrN3O2S. The summed E-state index contributed by atoms with van der Waals surface area (Å²) in [5.74, 6) is -0.588. The van der Waals surface area contributed by atoms with Crippen molar-refractivity contribution < 1.29 is 9.90 Å². The first-order valence-electron chi connectivity index (χ1n) is 5.41. The number of carboxylic acid groups (broad SMARTS) is 1. The zero-order chi connectivity index (χ0) is 14.0. The summed E-state index contributed by atoms with van der Waals surface area (Å²) in [5.41, 5.74) is 7.41. The summed E-state index contributed by atoms with van der Waals surface area (Å²) < 4.78 is 1.05. The maximum atomic E-state index is 10.9. The quantitative estimate of drug-likeness (QED) is 0.893. The molecule has 3 N–H and O–H groups in total. The van der Waals surface area contributed by atoms with Crippen molar-refractivity contribution >= 4 is 44.7 Å². The summed E-state index contributed by atoms with van der Waals surface area (Å²) in [6, 6.07) is 4.97. The highest BCUT2D eigenvalue weighted by molar-refractivity contribution is 9.11. The van der Waals surface area contributed by atoms with Gasteiger partial charge in [0.2, 0.25) is 0 Å². The van der Waals surface area contributed by atoms with E-state index in [-0.39, 0.29) is 5.69 Å². The molecular weight excluding hydrogens is 330 g/mol. The van der Waals surface area contributed by atoms with Gasteiger partial charge < -0.3 is 15.7 Å². The van der Waals surface area contributed by atoms with Crippen LogP contribution in [0.3, 0.4) is 0 Å². The Morgan fingerprint density at radius 2 is 2.32 bits per heavy atom. The van der Waals surface area contributed by atoms with E-state index in [1.54, 1.807) is 17.4 Å². The van der Waals surface area contributed by atoms with Crippen molar-refractivity contribution in [2.75, 3.05) is 17.7 Å². The van der Waals surface area contributed by atoms with Gasteiger partial charge in [0.1, 0.15) is 0 Å². The Morgan fingerprint density at radius 1 is 1.58 bits per heavy atom. The molecule has 0 atom stereocenters. The van der Waals surface area contributed by atoms with Gasteiger partial charge in [-0.3, -0.25) is 0 Å². The summed E-state index contributed by atoms with van der Waals surface area (Å²) in [7, 11) is 1.83. The highest BCUT2D eigenvalue weighted by Gasteiger charge is 2.13. The van der Waals surface area contributed by atoms with E-state index >= 15 is 0 Å². The second kappa shape index (κ2) is 5.58. The minimum Gasteiger partial charge on any atom is -0.477 e. The first kappa shape index (κ1) is 13.8.